The summed E-state index contributed by atoms with van der Waals surface area (Å²) in [5.74, 6) is 0.307. The molecule has 0 unspecified atom stereocenters. The van der Waals surface area contributed by atoms with E-state index < -0.39 is 5.97 Å². The average molecular weight is 288 g/mol. The molecule has 2 aromatic rings. The van der Waals surface area contributed by atoms with Gasteiger partial charge in [0.25, 0.3) is 0 Å². The van der Waals surface area contributed by atoms with Gasteiger partial charge in [-0.25, -0.2) is 9.48 Å². The van der Waals surface area contributed by atoms with Gasteiger partial charge < -0.3 is 9.47 Å². The summed E-state index contributed by atoms with van der Waals surface area (Å²) in [6, 6.07) is 9.57. The Balaban J connectivity index is 1.97. The molecular formula is C16H20N2O3. The lowest BCUT2D eigenvalue weighted by Gasteiger charge is -2.19. The molecule has 0 aliphatic carbocycles. The first kappa shape index (κ1) is 15.1. The van der Waals surface area contributed by atoms with Crippen LogP contribution in [-0.2, 0) is 16.9 Å². The molecule has 0 bridgehead atoms. The summed E-state index contributed by atoms with van der Waals surface area (Å²) >= 11 is 0. The van der Waals surface area contributed by atoms with Crippen LogP contribution in [-0.4, -0.2) is 22.9 Å². The molecule has 0 atom stereocenters. The Morgan fingerprint density at radius 1 is 1.19 bits per heavy atom. The van der Waals surface area contributed by atoms with Crippen LogP contribution in [0.4, 0.5) is 0 Å². The first-order valence-electron chi connectivity index (χ1n) is 6.75. The molecule has 0 saturated heterocycles. The van der Waals surface area contributed by atoms with Crippen molar-refractivity contribution in [2.24, 2.45) is 0 Å². The van der Waals surface area contributed by atoms with E-state index in [0.29, 0.717) is 0 Å². The van der Waals surface area contributed by atoms with Crippen LogP contribution in [0.3, 0.4) is 0 Å². The maximum atomic E-state index is 11.3. The summed E-state index contributed by atoms with van der Waals surface area (Å²) in [6.45, 7) is 6.74. The van der Waals surface area contributed by atoms with Gasteiger partial charge in [-0.2, -0.15) is 5.10 Å². The van der Waals surface area contributed by atoms with Gasteiger partial charge in [0.05, 0.1) is 7.11 Å². The normalized spacial score (nSPS) is 11.2. The fraction of sp³-hybridized carbons (Fsp3) is 0.375. The van der Waals surface area contributed by atoms with Gasteiger partial charge in [0.2, 0.25) is 0 Å². The van der Waals surface area contributed by atoms with Gasteiger partial charge in [0, 0.05) is 6.20 Å². The van der Waals surface area contributed by atoms with Crippen molar-refractivity contribution in [3.8, 4) is 5.75 Å². The quantitative estimate of drug-likeness (QED) is 0.812. The van der Waals surface area contributed by atoms with Gasteiger partial charge in [-0.3, -0.25) is 0 Å². The number of nitrogens with zero attached hydrogens (tertiary/aromatic N) is 2. The highest BCUT2D eigenvalue weighted by molar-refractivity contribution is 5.86. The minimum absolute atomic E-state index is 0.121. The zero-order valence-corrected chi connectivity index (χ0v) is 12.8. The van der Waals surface area contributed by atoms with Crippen molar-refractivity contribution < 1.29 is 14.3 Å². The molecule has 0 aliphatic heterocycles. The molecule has 0 radical (unpaired) electrons. The fourth-order valence-corrected chi connectivity index (χ4v) is 1.84. The Hall–Kier alpha value is -2.30. The van der Waals surface area contributed by atoms with Crippen molar-refractivity contribution >= 4 is 5.97 Å². The molecule has 0 spiro atoms. The number of hydrogen-bond donors (Lipinski definition) is 0. The molecule has 1 aromatic carbocycles. The lowest BCUT2D eigenvalue weighted by Crippen LogP contribution is -2.11. The van der Waals surface area contributed by atoms with Crippen molar-refractivity contribution in [1.82, 2.24) is 9.78 Å². The van der Waals surface area contributed by atoms with Crippen LogP contribution in [0.25, 0.3) is 0 Å². The van der Waals surface area contributed by atoms with Crippen LogP contribution in [0.15, 0.2) is 36.5 Å². The molecule has 2 rings (SSSR count). The Kier molecular flexibility index (Phi) is 4.31. The minimum Gasteiger partial charge on any atom is -0.471 e. The Morgan fingerprint density at radius 2 is 1.86 bits per heavy atom. The van der Waals surface area contributed by atoms with Crippen molar-refractivity contribution in [2.75, 3.05) is 7.11 Å². The van der Waals surface area contributed by atoms with Crippen LogP contribution in [0, 0.1) is 0 Å². The van der Waals surface area contributed by atoms with E-state index in [0.717, 1.165) is 5.75 Å². The molecule has 5 nitrogen and oxygen atoms in total. The summed E-state index contributed by atoms with van der Waals surface area (Å²) < 4.78 is 11.8. The zero-order valence-electron chi connectivity index (χ0n) is 12.8. The number of carbonyl (C=O) groups is 1. The molecule has 0 N–H and O–H groups in total. The Bertz CT molecular complexity index is 609. The van der Waals surface area contributed by atoms with Crippen LogP contribution in [0.5, 0.6) is 5.75 Å². The maximum absolute atomic E-state index is 11.3. The summed E-state index contributed by atoms with van der Waals surface area (Å²) in [5, 5.41) is 4.07. The smallest absolute Gasteiger partial charge is 0.358 e. The summed E-state index contributed by atoms with van der Waals surface area (Å²) in [5.41, 5.74) is 1.64. The summed E-state index contributed by atoms with van der Waals surface area (Å²) in [6.07, 6.45) is 1.68. The molecule has 21 heavy (non-hydrogen) atoms. The number of benzene rings is 1. The molecule has 1 aromatic heterocycles. The standard InChI is InChI=1S/C16H20N2O3/c1-16(2,3)12-5-7-13(8-6-12)21-11-18-10-9-14(17-18)15(19)20-4/h5-10H,11H2,1-4H3. The molecule has 112 valence electrons. The molecular weight excluding hydrogens is 268 g/mol. The van der Waals surface area contributed by atoms with Crippen LogP contribution in [0.2, 0.25) is 0 Å². The fourth-order valence-electron chi connectivity index (χ4n) is 1.84. The number of methoxy groups -OCH3 is 1. The third-order valence-electron chi connectivity index (χ3n) is 3.12. The first-order chi connectivity index (χ1) is 9.90. The topological polar surface area (TPSA) is 53.4 Å². The SMILES string of the molecule is COC(=O)c1ccn(COc2ccc(C(C)(C)C)cc2)n1. The second-order valence-corrected chi connectivity index (χ2v) is 5.78. The number of ether oxygens (including phenoxy) is 2. The van der Waals surface area contributed by atoms with Crippen LogP contribution >= 0.6 is 0 Å². The lowest BCUT2D eigenvalue weighted by atomic mass is 9.87. The van der Waals surface area contributed by atoms with E-state index in [-0.39, 0.29) is 17.8 Å². The molecule has 1 heterocycles. The predicted octanol–water partition coefficient (Wildman–Crippen LogP) is 3.00. The van der Waals surface area contributed by atoms with Crippen molar-refractivity contribution in [3.05, 3.63) is 47.8 Å². The first-order valence-corrected chi connectivity index (χ1v) is 6.75. The number of rotatable bonds is 4. The van der Waals surface area contributed by atoms with E-state index in [1.807, 2.05) is 12.1 Å². The van der Waals surface area contributed by atoms with Gasteiger partial charge in [-0.05, 0) is 29.2 Å². The number of esters is 1. The van der Waals surface area contributed by atoms with Crippen LogP contribution < -0.4 is 4.74 Å². The summed E-state index contributed by atoms with van der Waals surface area (Å²) in [4.78, 5) is 11.3. The maximum Gasteiger partial charge on any atom is 0.358 e. The van der Waals surface area contributed by atoms with Crippen molar-refractivity contribution in [2.45, 2.75) is 32.9 Å². The van der Waals surface area contributed by atoms with Crippen LogP contribution in [0.1, 0.15) is 36.8 Å². The minimum atomic E-state index is -0.455. The molecule has 0 saturated carbocycles. The monoisotopic (exact) mass is 288 g/mol. The second kappa shape index (κ2) is 5.99. The van der Waals surface area contributed by atoms with E-state index >= 15 is 0 Å². The Labute approximate surface area is 124 Å². The third-order valence-corrected chi connectivity index (χ3v) is 3.12. The number of hydrogen-bond acceptors (Lipinski definition) is 4. The summed E-state index contributed by atoms with van der Waals surface area (Å²) in [7, 11) is 1.33. The highest BCUT2D eigenvalue weighted by atomic mass is 16.5. The van der Waals surface area contributed by atoms with Gasteiger partial charge in [-0.1, -0.05) is 32.9 Å². The average Bonchev–Trinajstić information content (AvgIpc) is 2.92. The lowest BCUT2D eigenvalue weighted by molar-refractivity contribution is 0.0592. The highest BCUT2D eigenvalue weighted by Gasteiger charge is 2.13. The van der Waals surface area contributed by atoms with Gasteiger partial charge in [0.15, 0.2) is 12.4 Å². The van der Waals surface area contributed by atoms with Gasteiger partial charge in [0.1, 0.15) is 5.75 Å². The highest BCUT2D eigenvalue weighted by Crippen LogP contribution is 2.24. The van der Waals surface area contributed by atoms with E-state index in [2.05, 4.69) is 42.7 Å². The van der Waals surface area contributed by atoms with E-state index in [4.69, 9.17) is 4.74 Å². The molecule has 0 amide bonds. The largest absolute Gasteiger partial charge is 0.471 e. The number of aromatic nitrogens is 2. The van der Waals surface area contributed by atoms with E-state index in [9.17, 15) is 4.79 Å². The predicted molar refractivity (Wildman–Crippen MR) is 79.3 cm³/mol. The van der Waals surface area contributed by atoms with E-state index in [1.54, 1.807) is 16.9 Å². The van der Waals surface area contributed by atoms with Crippen molar-refractivity contribution in [1.29, 1.82) is 0 Å². The third kappa shape index (κ3) is 3.84. The molecule has 0 aliphatic rings. The van der Waals surface area contributed by atoms with Gasteiger partial charge in [-0.15, -0.1) is 0 Å². The Morgan fingerprint density at radius 3 is 2.43 bits per heavy atom. The molecule has 5 heteroatoms. The van der Waals surface area contributed by atoms with Gasteiger partial charge >= 0.3 is 5.97 Å². The van der Waals surface area contributed by atoms with E-state index in [1.165, 1.54) is 12.7 Å². The number of carbonyl (C=O) groups excluding carboxylic acids is 1. The second-order valence-electron chi connectivity index (χ2n) is 5.78. The molecule has 0 fully saturated rings. The zero-order chi connectivity index (χ0) is 15.5. The van der Waals surface area contributed by atoms with Crippen molar-refractivity contribution in [3.63, 3.8) is 0 Å².